The normalized spacial score (nSPS) is 18.9. The van der Waals surface area contributed by atoms with E-state index < -0.39 is 23.5 Å². The van der Waals surface area contributed by atoms with Crippen LogP contribution in [0.5, 0.6) is 0 Å². The van der Waals surface area contributed by atoms with Crippen molar-refractivity contribution in [3.63, 3.8) is 0 Å². The number of piperidine rings is 1. The fourth-order valence-electron chi connectivity index (χ4n) is 3.14. The van der Waals surface area contributed by atoms with Crippen LogP contribution in [0.2, 0.25) is 0 Å². The number of furan rings is 1. The second-order valence-electron chi connectivity index (χ2n) is 6.95. The molecule has 1 aromatic rings. The molecule has 6 nitrogen and oxygen atoms in total. The van der Waals surface area contributed by atoms with Crippen LogP contribution in [0.1, 0.15) is 45.3 Å². The number of rotatable bonds is 9. The maximum Gasteiger partial charge on any atom is 0.287 e. The first-order valence-corrected chi connectivity index (χ1v) is 8.77. The maximum atomic E-state index is 12.6. The highest BCUT2D eigenvalue weighted by Gasteiger charge is 2.34. The zero-order chi connectivity index (χ0) is 18.4. The number of nitrogens with one attached hydrogen (secondary N) is 1. The molecule has 0 aromatic carbocycles. The standard InChI is InChI=1S/C19H25NO5/c1-12(2)16(11-14(21)5-6-15-4-3-9-25-15)17(22)10-13-7-8-20-19(24)18(13)23/h3-4,9,12-13,16H,5-8,10-11H2,1-2H3,(H,20,24). The van der Waals surface area contributed by atoms with Crippen LogP contribution in [0, 0.1) is 17.8 Å². The molecule has 1 saturated heterocycles. The van der Waals surface area contributed by atoms with Crippen LogP contribution in [-0.4, -0.2) is 29.8 Å². The Bertz CT molecular complexity index is 632. The van der Waals surface area contributed by atoms with Crippen LogP contribution in [0.15, 0.2) is 22.8 Å². The van der Waals surface area contributed by atoms with Gasteiger partial charge in [0, 0.05) is 44.1 Å². The molecule has 2 unspecified atom stereocenters. The van der Waals surface area contributed by atoms with Gasteiger partial charge in [-0.05, 0) is 24.5 Å². The van der Waals surface area contributed by atoms with Gasteiger partial charge in [0.2, 0.25) is 5.78 Å². The van der Waals surface area contributed by atoms with Gasteiger partial charge in [-0.2, -0.15) is 0 Å². The molecule has 1 aliphatic heterocycles. The molecule has 2 heterocycles. The number of carbonyl (C=O) groups excluding carboxylic acids is 4. The van der Waals surface area contributed by atoms with Crippen molar-refractivity contribution in [3.8, 4) is 0 Å². The molecular weight excluding hydrogens is 322 g/mol. The molecule has 0 aliphatic carbocycles. The van der Waals surface area contributed by atoms with Crippen LogP contribution in [0.4, 0.5) is 0 Å². The number of aryl methyl sites for hydroxylation is 1. The highest BCUT2D eigenvalue weighted by atomic mass is 16.3. The van der Waals surface area contributed by atoms with Crippen molar-refractivity contribution >= 4 is 23.3 Å². The van der Waals surface area contributed by atoms with Gasteiger partial charge in [0.1, 0.15) is 17.3 Å². The van der Waals surface area contributed by atoms with E-state index in [9.17, 15) is 19.2 Å². The first kappa shape index (κ1) is 19.1. The molecule has 0 bridgehead atoms. The van der Waals surface area contributed by atoms with E-state index in [1.54, 1.807) is 12.3 Å². The number of Topliss-reactive ketones (excluding diaryl/α,β-unsaturated/α-hetero) is 3. The Labute approximate surface area is 147 Å². The maximum absolute atomic E-state index is 12.6. The fraction of sp³-hybridized carbons (Fsp3) is 0.579. The lowest BCUT2D eigenvalue weighted by Crippen LogP contribution is -2.43. The second kappa shape index (κ2) is 8.74. The molecule has 136 valence electrons. The summed E-state index contributed by atoms with van der Waals surface area (Å²) in [4.78, 5) is 48.2. The monoisotopic (exact) mass is 347 g/mol. The number of hydrogen-bond acceptors (Lipinski definition) is 5. The van der Waals surface area contributed by atoms with E-state index in [0.717, 1.165) is 5.76 Å². The van der Waals surface area contributed by atoms with Gasteiger partial charge in [0.05, 0.1) is 6.26 Å². The van der Waals surface area contributed by atoms with Crippen molar-refractivity contribution in [2.24, 2.45) is 17.8 Å². The van der Waals surface area contributed by atoms with E-state index >= 15 is 0 Å². The smallest absolute Gasteiger partial charge is 0.287 e. The Hall–Kier alpha value is -2.24. The number of hydrogen-bond donors (Lipinski definition) is 1. The number of ketones is 3. The summed E-state index contributed by atoms with van der Waals surface area (Å²) in [6, 6.07) is 3.59. The van der Waals surface area contributed by atoms with Crippen LogP contribution in [-0.2, 0) is 25.6 Å². The molecule has 1 amide bonds. The average molecular weight is 347 g/mol. The molecule has 1 aromatic heterocycles. The van der Waals surface area contributed by atoms with Gasteiger partial charge in [0.25, 0.3) is 5.91 Å². The van der Waals surface area contributed by atoms with E-state index in [-0.39, 0.29) is 30.3 Å². The first-order valence-electron chi connectivity index (χ1n) is 8.77. The minimum absolute atomic E-state index is 0.00702. The number of amides is 1. The molecule has 1 N–H and O–H groups in total. The summed E-state index contributed by atoms with van der Waals surface area (Å²) in [6.07, 6.45) is 3.11. The summed E-state index contributed by atoms with van der Waals surface area (Å²) in [7, 11) is 0. The summed E-state index contributed by atoms with van der Waals surface area (Å²) in [5, 5.41) is 2.49. The summed E-state index contributed by atoms with van der Waals surface area (Å²) < 4.78 is 5.21. The SMILES string of the molecule is CC(C)C(CC(=O)CCc1ccco1)C(=O)CC1CCNC(=O)C1=O. The van der Waals surface area contributed by atoms with Crippen molar-refractivity contribution in [2.45, 2.75) is 46.0 Å². The van der Waals surface area contributed by atoms with Gasteiger partial charge in [-0.1, -0.05) is 13.8 Å². The predicted octanol–water partition coefficient (Wildman–Crippen LogP) is 2.11. The quantitative estimate of drug-likeness (QED) is 0.691. The molecule has 0 radical (unpaired) electrons. The van der Waals surface area contributed by atoms with Crippen molar-refractivity contribution in [1.29, 1.82) is 0 Å². The van der Waals surface area contributed by atoms with Crippen molar-refractivity contribution < 1.29 is 23.6 Å². The lowest BCUT2D eigenvalue weighted by Gasteiger charge is -2.24. The molecule has 6 heteroatoms. The third kappa shape index (κ3) is 5.37. The lowest BCUT2D eigenvalue weighted by molar-refractivity contribution is -0.143. The van der Waals surface area contributed by atoms with Crippen molar-refractivity contribution in [2.75, 3.05) is 6.54 Å². The van der Waals surface area contributed by atoms with E-state index in [0.29, 0.717) is 25.8 Å². The Morgan fingerprint density at radius 2 is 2.08 bits per heavy atom. The molecule has 2 atom stereocenters. The highest BCUT2D eigenvalue weighted by molar-refractivity contribution is 6.37. The van der Waals surface area contributed by atoms with Crippen molar-refractivity contribution in [3.05, 3.63) is 24.2 Å². The third-order valence-corrected chi connectivity index (χ3v) is 4.72. The summed E-state index contributed by atoms with van der Waals surface area (Å²) >= 11 is 0. The second-order valence-corrected chi connectivity index (χ2v) is 6.95. The molecular formula is C19H25NO5. The Morgan fingerprint density at radius 1 is 1.32 bits per heavy atom. The largest absolute Gasteiger partial charge is 0.469 e. The van der Waals surface area contributed by atoms with Gasteiger partial charge in [-0.3, -0.25) is 19.2 Å². The molecule has 1 aliphatic rings. The van der Waals surface area contributed by atoms with Crippen LogP contribution in [0.3, 0.4) is 0 Å². The van der Waals surface area contributed by atoms with E-state index in [2.05, 4.69) is 5.32 Å². The Balaban J connectivity index is 1.90. The first-order chi connectivity index (χ1) is 11.9. The van der Waals surface area contributed by atoms with Gasteiger partial charge in [-0.25, -0.2) is 0 Å². The lowest BCUT2D eigenvalue weighted by atomic mass is 9.80. The van der Waals surface area contributed by atoms with Gasteiger partial charge in [-0.15, -0.1) is 0 Å². The molecule has 25 heavy (non-hydrogen) atoms. The molecule has 2 rings (SSSR count). The summed E-state index contributed by atoms with van der Waals surface area (Å²) in [6.45, 7) is 4.21. The van der Waals surface area contributed by atoms with E-state index in [4.69, 9.17) is 4.42 Å². The zero-order valence-corrected chi connectivity index (χ0v) is 14.7. The van der Waals surface area contributed by atoms with Gasteiger partial charge in [0.15, 0.2) is 0 Å². The van der Waals surface area contributed by atoms with E-state index in [1.165, 1.54) is 0 Å². The average Bonchev–Trinajstić information content (AvgIpc) is 3.08. The Kier molecular flexibility index (Phi) is 6.67. The summed E-state index contributed by atoms with van der Waals surface area (Å²) in [5.41, 5.74) is 0. The van der Waals surface area contributed by atoms with Crippen molar-refractivity contribution in [1.82, 2.24) is 5.32 Å². The van der Waals surface area contributed by atoms with Crippen LogP contribution < -0.4 is 5.32 Å². The predicted molar refractivity (Wildman–Crippen MR) is 90.7 cm³/mol. The van der Waals surface area contributed by atoms with Crippen LogP contribution in [0.25, 0.3) is 0 Å². The highest BCUT2D eigenvalue weighted by Crippen LogP contribution is 2.24. The summed E-state index contributed by atoms with van der Waals surface area (Å²) in [5.74, 6) is -1.44. The van der Waals surface area contributed by atoms with Gasteiger partial charge < -0.3 is 9.73 Å². The molecule has 0 saturated carbocycles. The fourth-order valence-corrected chi connectivity index (χ4v) is 3.14. The zero-order valence-electron chi connectivity index (χ0n) is 14.7. The van der Waals surface area contributed by atoms with Crippen LogP contribution >= 0.6 is 0 Å². The van der Waals surface area contributed by atoms with Gasteiger partial charge >= 0.3 is 0 Å². The molecule has 0 spiro atoms. The topological polar surface area (TPSA) is 93.4 Å². The minimum atomic E-state index is -0.611. The third-order valence-electron chi connectivity index (χ3n) is 4.72. The number of carbonyl (C=O) groups is 4. The van der Waals surface area contributed by atoms with E-state index in [1.807, 2.05) is 19.9 Å². The minimum Gasteiger partial charge on any atom is -0.469 e. The Morgan fingerprint density at radius 3 is 2.72 bits per heavy atom. The molecule has 1 fully saturated rings.